The summed E-state index contributed by atoms with van der Waals surface area (Å²) in [6, 6.07) is 5.56. The number of carbonyl (C=O) groups is 1. The molecule has 4 rings (SSSR count). The normalized spacial score (nSPS) is 20.3. The molecule has 0 aliphatic carbocycles. The van der Waals surface area contributed by atoms with E-state index in [-0.39, 0.29) is 23.1 Å². The first-order valence-electron chi connectivity index (χ1n) is 9.96. The highest BCUT2D eigenvalue weighted by molar-refractivity contribution is 6.16. The van der Waals surface area contributed by atoms with Gasteiger partial charge >= 0.3 is 5.69 Å². The van der Waals surface area contributed by atoms with Gasteiger partial charge in [-0.25, -0.2) is 19.8 Å². The summed E-state index contributed by atoms with van der Waals surface area (Å²) < 4.78 is 1.77. The Labute approximate surface area is 174 Å². The van der Waals surface area contributed by atoms with E-state index in [1.807, 2.05) is 25.1 Å². The van der Waals surface area contributed by atoms with Gasteiger partial charge in [0.05, 0.1) is 11.0 Å². The minimum Gasteiger partial charge on any atom is -0.308 e. The Morgan fingerprint density at radius 1 is 1.13 bits per heavy atom. The molecule has 2 N–H and O–H groups in total. The van der Waals surface area contributed by atoms with Crippen LogP contribution in [0.15, 0.2) is 40.4 Å². The molecule has 30 heavy (non-hydrogen) atoms. The fraction of sp³-hybridized carbons (Fsp3) is 0.409. The van der Waals surface area contributed by atoms with Gasteiger partial charge in [-0.05, 0) is 44.4 Å². The molecule has 0 bridgehead atoms. The molecule has 3 aromatic rings. The van der Waals surface area contributed by atoms with Crippen molar-refractivity contribution in [2.45, 2.75) is 53.1 Å². The largest absolute Gasteiger partial charge is 0.326 e. The molecule has 8 nitrogen and oxygen atoms in total. The summed E-state index contributed by atoms with van der Waals surface area (Å²) in [4.78, 5) is 41.4. The molecular weight excluding hydrogens is 380 g/mol. The van der Waals surface area contributed by atoms with Crippen molar-refractivity contribution in [3.05, 3.63) is 58.0 Å². The summed E-state index contributed by atoms with van der Waals surface area (Å²) in [5.41, 5.74) is 1.54. The zero-order valence-electron chi connectivity index (χ0n) is 18.1. The first-order chi connectivity index (χ1) is 14.0. The van der Waals surface area contributed by atoms with E-state index in [0.29, 0.717) is 17.2 Å². The highest BCUT2D eigenvalue weighted by Gasteiger charge is 2.41. The van der Waals surface area contributed by atoms with Crippen molar-refractivity contribution in [3.8, 4) is 0 Å². The standard InChI is InChI=1S/C22H26N6O2/c1-12(21(3,4)5)28-17-9-14(7-8-16(17)25-20(28)30)18-26-19(29)22(6,27-18)15-10-23-13(2)24-11-15/h7-12H,1-6H3,(H,25,30)(H,26,27,29)/t12-,22+/m1/s1. The number of aliphatic imine (C=N–C) groups is 1. The zero-order chi connectivity index (χ0) is 21.8. The second-order valence-corrected chi connectivity index (χ2v) is 9.08. The number of hydrogen-bond acceptors (Lipinski definition) is 5. The Hall–Kier alpha value is -3.29. The van der Waals surface area contributed by atoms with Crippen LogP contribution in [-0.2, 0) is 10.3 Å². The monoisotopic (exact) mass is 406 g/mol. The summed E-state index contributed by atoms with van der Waals surface area (Å²) in [7, 11) is 0. The molecule has 2 aromatic heterocycles. The van der Waals surface area contributed by atoms with Gasteiger partial charge in [-0.15, -0.1) is 0 Å². The topological polar surface area (TPSA) is 105 Å². The number of carbonyl (C=O) groups excluding carboxylic acids is 1. The first kappa shape index (κ1) is 20.0. The molecule has 0 radical (unpaired) electrons. The number of nitrogens with zero attached hydrogens (tertiary/aromatic N) is 4. The van der Waals surface area contributed by atoms with Crippen LogP contribution in [-0.4, -0.2) is 31.3 Å². The number of amides is 1. The number of amidine groups is 1. The molecule has 1 aromatic carbocycles. The van der Waals surface area contributed by atoms with Crippen molar-refractivity contribution in [1.82, 2.24) is 24.8 Å². The van der Waals surface area contributed by atoms with E-state index in [9.17, 15) is 9.59 Å². The predicted molar refractivity (Wildman–Crippen MR) is 116 cm³/mol. The number of nitrogens with one attached hydrogen (secondary N) is 2. The molecule has 0 spiro atoms. The van der Waals surface area contributed by atoms with Crippen LogP contribution in [0.3, 0.4) is 0 Å². The van der Waals surface area contributed by atoms with Crippen molar-refractivity contribution < 1.29 is 4.79 Å². The summed E-state index contributed by atoms with van der Waals surface area (Å²) in [6.07, 6.45) is 3.26. The van der Waals surface area contributed by atoms with Crippen molar-refractivity contribution in [3.63, 3.8) is 0 Å². The van der Waals surface area contributed by atoms with E-state index in [2.05, 4.69) is 46.0 Å². The fourth-order valence-corrected chi connectivity index (χ4v) is 3.55. The van der Waals surface area contributed by atoms with Gasteiger partial charge in [0.1, 0.15) is 11.7 Å². The number of aromatic amines is 1. The lowest BCUT2D eigenvalue weighted by Gasteiger charge is -2.28. The maximum absolute atomic E-state index is 12.8. The lowest BCUT2D eigenvalue weighted by atomic mass is 9.88. The van der Waals surface area contributed by atoms with Gasteiger partial charge in [0, 0.05) is 29.6 Å². The molecule has 1 aliphatic heterocycles. The number of aryl methyl sites for hydroxylation is 1. The summed E-state index contributed by atoms with van der Waals surface area (Å²) in [6.45, 7) is 11.9. The molecule has 1 amide bonds. The van der Waals surface area contributed by atoms with Crippen LogP contribution >= 0.6 is 0 Å². The molecule has 2 atom stereocenters. The first-order valence-corrected chi connectivity index (χ1v) is 9.96. The molecule has 8 heteroatoms. The van der Waals surface area contributed by atoms with E-state index in [0.717, 1.165) is 16.6 Å². The summed E-state index contributed by atoms with van der Waals surface area (Å²) in [5, 5.41) is 2.88. The second-order valence-electron chi connectivity index (χ2n) is 9.08. The fourth-order valence-electron chi connectivity index (χ4n) is 3.55. The van der Waals surface area contributed by atoms with Crippen molar-refractivity contribution in [2.24, 2.45) is 10.4 Å². The van der Waals surface area contributed by atoms with E-state index in [4.69, 9.17) is 0 Å². The third-order valence-electron chi connectivity index (χ3n) is 5.98. The lowest BCUT2D eigenvalue weighted by molar-refractivity contribution is -0.123. The molecule has 0 fully saturated rings. The second kappa shape index (κ2) is 6.62. The van der Waals surface area contributed by atoms with Crippen LogP contribution in [0.25, 0.3) is 11.0 Å². The van der Waals surface area contributed by atoms with E-state index in [1.165, 1.54) is 0 Å². The van der Waals surface area contributed by atoms with Gasteiger partial charge in [0.25, 0.3) is 5.91 Å². The molecular formula is C22H26N6O2. The number of aromatic nitrogens is 4. The lowest BCUT2D eigenvalue weighted by Crippen LogP contribution is -2.35. The highest BCUT2D eigenvalue weighted by Crippen LogP contribution is 2.32. The molecule has 156 valence electrons. The van der Waals surface area contributed by atoms with Crippen LogP contribution in [0.2, 0.25) is 0 Å². The molecule has 0 saturated carbocycles. The number of hydrogen-bond donors (Lipinski definition) is 2. The quantitative estimate of drug-likeness (QED) is 0.698. The Bertz CT molecular complexity index is 1230. The van der Waals surface area contributed by atoms with Gasteiger partial charge in [-0.1, -0.05) is 20.8 Å². The SMILES string of the molecule is Cc1ncc([C@]2(C)N=C(c3ccc4[nH]c(=O)n([C@H](C)C(C)(C)C)c4c3)NC2=O)cn1. The Balaban J connectivity index is 1.81. The number of H-pyrrole nitrogens is 1. The Morgan fingerprint density at radius 2 is 1.80 bits per heavy atom. The number of imidazole rings is 1. The Morgan fingerprint density at radius 3 is 2.43 bits per heavy atom. The minimum absolute atomic E-state index is 0.0240. The Kier molecular flexibility index (Phi) is 4.41. The third-order valence-corrected chi connectivity index (χ3v) is 5.98. The van der Waals surface area contributed by atoms with E-state index < -0.39 is 5.54 Å². The summed E-state index contributed by atoms with van der Waals surface area (Å²) >= 11 is 0. The van der Waals surface area contributed by atoms with Gasteiger partial charge < -0.3 is 10.3 Å². The zero-order valence-corrected chi connectivity index (χ0v) is 18.1. The van der Waals surface area contributed by atoms with Gasteiger partial charge in [0.2, 0.25) is 0 Å². The molecule has 1 aliphatic rings. The van der Waals surface area contributed by atoms with E-state index in [1.54, 1.807) is 30.8 Å². The van der Waals surface area contributed by atoms with Gasteiger partial charge in [0.15, 0.2) is 5.54 Å². The number of rotatable bonds is 3. The smallest absolute Gasteiger partial charge is 0.308 e. The average molecular weight is 406 g/mol. The number of fused-ring (bicyclic) bond motifs is 1. The third kappa shape index (κ3) is 3.12. The minimum atomic E-state index is -1.10. The maximum atomic E-state index is 12.8. The van der Waals surface area contributed by atoms with Gasteiger partial charge in [-0.3, -0.25) is 9.36 Å². The molecule has 0 unspecified atom stereocenters. The van der Waals surface area contributed by atoms with Crippen LogP contribution < -0.4 is 11.0 Å². The average Bonchev–Trinajstić information content (AvgIpc) is 3.16. The van der Waals surface area contributed by atoms with Crippen molar-refractivity contribution >= 4 is 22.8 Å². The summed E-state index contributed by atoms with van der Waals surface area (Å²) in [5.74, 6) is 0.863. The van der Waals surface area contributed by atoms with Crippen molar-refractivity contribution in [2.75, 3.05) is 0 Å². The van der Waals surface area contributed by atoms with Gasteiger partial charge in [-0.2, -0.15) is 0 Å². The van der Waals surface area contributed by atoms with Crippen molar-refractivity contribution in [1.29, 1.82) is 0 Å². The van der Waals surface area contributed by atoms with Crippen LogP contribution in [0.1, 0.15) is 57.6 Å². The highest BCUT2D eigenvalue weighted by atomic mass is 16.2. The predicted octanol–water partition coefficient (Wildman–Crippen LogP) is 2.83. The number of benzene rings is 1. The van der Waals surface area contributed by atoms with Crippen LogP contribution in [0, 0.1) is 12.3 Å². The van der Waals surface area contributed by atoms with Crippen LogP contribution in [0.4, 0.5) is 0 Å². The van der Waals surface area contributed by atoms with E-state index >= 15 is 0 Å². The molecule has 0 saturated heterocycles. The van der Waals surface area contributed by atoms with Crippen LogP contribution in [0.5, 0.6) is 0 Å². The molecule has 3 heterocycles. The maximum Gasteiger partial charge on any atom is 0.326 e.